The number of aromatic nitrogens is 1. The Kier molecular flexibility index (Phi) is 4.90. The predicted octanol–water partition coefficient (Wildman–Crippen LogP) is 1.08. The molecule has 1 aromatic rings. The van der Waals surface area contributed by atoms with E-state index in [0.29, 0.717) is 6.54 Å². The Morgan fingerprint density at radius 3 is 2.82 bits per heavy atom. The minimum absolute atomic E-state index is 0.0636. The van der Waals surface area contributed by atoms with Gasteiger partial charge in [0.05, 0.1) is 13.7 Å². The van der Waals surface area contributed by atoms with Gasteiger partial charge in [0.2, 0.25) is 0 Å². The molecule has 0 aromatic carbocycles. The molecule has 0 radical (unpaired) electrons. The van der Waals surface area contributed by atoms with Gasteiger partial charge in [-0.15, -0.1) is 0 Å². The maximum atomic E-state index is 11.4. The van der Waals surface area contributed by atoms with Gasteiger partial charge in [-0.25, -0.2) is 9.78 Å². The third-order valence-corrected chi connectivity index (χ3v) is 2.43. The number of carbonyl (C=O) groups excluding carboxylic acids is 1. The van der Waals surface area contributed by atoms with Crippen molar-refractivity contribution in [3.8, 4) is 0 Å². The van der Waals surface area contributed by atoms with Crippen molar-refractivity contribution in [2.45, 2.75) is 19.9 Å². The highest BCUT2D eigenvalue weighted by Gasteiger charge is 2.13. The molecule has 1 heterocycles. The Labute approximate surface area is 101 Å². The van der Waals surface area contributed by atoms with Crippen LogP contribution in [-0.2, 0) is 4.74 Å². The van der Waals surface area contributed by atoms with E-state index in [9.17, 15) is 4.79 Å². The molecule has 5 heteroatoms. The number of rotatable bonds is 5. The molecule has 0 saturated heterocycles. The van der Waals surface area contributed by atoms with Crippen molar-refractivity contribution in [2.24, 2.45) is 0 Å². The normalized spacial score (nSPS) is 10.4. The molecule has 0 aliphatic carbocycles. The van der Waals surface area contributed by atoms with Gasteiger partial charge < -0.3 is 14.7 Å². The van der Waals surface area contributed by atoms with Crippen LogP contribution in [0.2, 0.25) is 0 Å². The molecule has 0 saturated carbocycles. The fourth-order valence-corrected chi connectivity index (χ4v) is 1.61. The Balaban J connectivity index is 2.99. The highest BCUT2D eigenvalue weighted by molar-refractivity contribution is 5.88. The van der Waals surface area contributed by atoms with Gasteiger partial charge in [0, 0.05) is 24.5 Å². The lowest BCUT2D eigenvalue weighted by Crippen LogP contribution is -2.33. The van der Waals surface area contributed by atoms with E-state index in [1.165, 1.54) is 7.11 Å². The monoisotopic (exact) mass is 238 g/mol. The number of carbonyl (C=O) groups is 1. The molecule has 0 amide bonds. The molecule has 0 fully saturated rings. The van der Waals surface area contributed by atoms with Crippen LogP contribution in [0.5, 0.6) is 0 Å². The molecule has 1 rings (SSSR count). The number of aliphatic hydroxyl groups excluding tert-OH is 1. The summed E-state index contributed by atoms with van der Waals surface area (Å²) in [7, 11) is 1.32. The van der Waals surface area contributed by atoms with Crippen LogP contribution in [0.25, 0.3) is 0 Å². The van der Waals surface area contributed by atoms with Crippen LogP contribution < -0.4 is 4.90 Å². The second-order valence-electron chi connectivity index (χ2n) is 3.90. The van der Waals surface area contributed by atoms with Gasteiger partial charge >= 0.3 is 5.97 Å². The van der Waals surface area contributed by atoms with Gasteiger partial charge in [0.1, 0.15) is 5.69 Å². The summed E-state index contributed by atoms with van der Waals surface area (Å²) >= 11 is 0. The van der Waals surface area contributed by atoms with Crippen molar-refractivity contribution in [3.63, 3.8) is 0 Å². The smallest absolute Gasteiger partial charge is 0.356 e. The lowest BCUT2D eigenvalue weighted by Gasteiger charge is -2.28. The molecule has 0 aliphatic rings. The van der Waals surface area contributed by atoms with E-state index in [-0.39, 0.29) is 18.3 Å². The van der Waals surface area contributed by atoms with Crippen LogP contribution >= 0.6 is 0 Å². The molecule has 0 spiro atoms. The first-order valence-electron chi connectivity index (χ1n) is 5.52. The number of aliphatic hydroxyl groups is 1. The third kappa shape index (κ3) is 3.42. The summed E-state index contributed by atoms with van der Waals surface area (Å²) in [4.78, 5) is 17.3. The predicted molar refractivity (Wildman–Crippen MR) is 65.1 cm³/mol. The van der Waals surface area contributed by atoms with E-state index >= 15 is 0 Å². The minimum atomic E-state index is -0.459. The molecule has 0 aliphatic heterocycles. The highest BCUT2D eigenvalue weighted by Crippen LogP contribution is 2.17. The van der Waals surface area contributed by atoms with Crippen LogP contribution in [0.3, 0.4) is 0 Å². The lowest BCUT2D eigenvalue weighted by molar-refractivity contribution is 0.0594. The van der Waals surface area contributed by atoms with Crippen molar-refractivity contribution in [1.29, 1.82) is 0 Å². The largest absolute Gasteiger partial charge is 0.464 e. The molecule has 0 bridgehead atoms. The zero-order chi connectivity index (χ0) is 12.8. The Morgan fingerprint density at radius 1 is 1.59 bits per heavy atom. The molecule has 17 heavy (non-hydrogen) atoms. The standard InChI is InChI=1S/C12H18N2O3/c1-9(2)14(6-7-15)10-4-5-13-11(8-10)12(16)17-3/h4-5,8-9,15H,6-7H2,1-3H3. The quantitative estimate of drug-likeness (QED) is 0.778. The number of pyridine rings is 1. The summed E-state index contributed by atoms with van der Waals surface area (Å²) in [6.45, 7) is 4.62. The summed E-state index contributed by atoms with van der Waals surface area (Å²) in [5, 5.41) is 9.02. The first-order chi connectivity index (χ1) is 8.10. The first kappa shape index (κ1) is 13.4. The van der Waals surface area contributed by atoms with E-state index in [1.807, 2.05) is 24.8 Å². The van der Waals surface area contributed by atoms with Gasteiger partial charge in [0.25, 0.3) is 0 Å². The van der Waals surface area contributed by atoms with Crippen molar-refractivity contribution in [3.05, 3.63) is 24.0 Å². The summed E-state index contributed by atoms with van der Waals surface area (Å²) < 4.78 is 4.62. The van der Waals surface area contributed by atoms with Gasteiger partial charge in [-0.05, 0) is 26.0 Å². The van der Waals surface area contributed by atoms with Crippen LogP contribution in [-0.4, -0.2) is 42.4 Å². The van der Waals surface area contributed by atoms with E-state index in [1.54, 1.807) is 12.3 Å². The molecule has 0 unspecified atom stereocenters. The van der Waals surface area contributed by atoms with Crippen LogP contribution in [0.15, 0.2) is 18.3 Å². The summed E-state index contributed by atoms with van der Waals surface area (Å²) in [6, 6.07) is 3.71. The van der Waals surface area contributed by atoms with E-state index < -0.39 is 5.97 Å². The molecular weight excluding hydrogens is 220 g/mol. The fourth-order valence-electron chi connectivity index (χ4n) is 1.61. The number of methoxy groups -OCH3 is 1. The molecule has 1 aromatic heterocycles. The van der Waals surface area contributed by atoms with Gasteiger partial charge in [-0.3, -0.25) is 0 Å². The molecule has 1 N–H and O–H groups in total. The van der Waals surface area contributed by atoms with E-state index in [4.69, 9.17) is 5.11 Å². The SMILES string of the molecule is COC(=O)c1cc(N(CCO)C(C)C)ccn1. The number of hydrogen-bond donors (Lipinski definition) is 1. The van der Waals surface area contributed by atoms with Crippen molar-refractivity contribution in [1.82, 2.24) is 4.98 Å². The summed E-state index contributed by atoms with van der Waals surface area (Å²) in [5.41, 5.74) is 1.12. The topological polar surface area (TPSA) is 62.7 Å². The van der Waals surface area contributed by atoms with Crippen LogP contribution in [0.1, 0.15) is 24.3 Å². The van der Waals surface area contributed by atoms with Crippen molar-refractivity contribution < 1.29 is 14.6 Å². The molecular formula is C12H18N2O3. The van der Waals surface area contributed by atoms with E-state index in [0.717, 1.165) is 5.69 Å². The van der Waals surface area contributed by atoms with E-state index in [2.05, 4.69) is 9.72 Å². The van der Waals surface area contributed by atoms with Gasteiger partial charge in [-0.1, -0.05) is 0 Å². The number of ether oxygens (including phenoxy) is 1. The Hall–Kier alpha value is -1.62. The maximum absolute atomic E-state index is 11.4. The third-order valence-electron chi connectivity index (χ3n) is 2.43. The lowest BCUT2D eigenvalue weighted by atomic mass is 10.2. The maximum Gasteiger partial charge on any atom is 0.356 e. The van der Waals surface area contributed by atoms with Gasteiger partial charge in [-0.2, -0.15) is 0 Å². The number of nitrogens with zero attached hydrogens (tertiary/aromatic N) is 2. The molecule has 5 nitrogen and oxygen atoms in total. The minimum Gasteiger partial charge on any atom is -0.464 e. The molecule has 94 valence electrons. The fraction of sp³-hybridized carbons (Fsp3) is 0.500. The number of anilines is 1. The summed E-state index contributed by atoms with van der Waals surface area (Å²) in [5.74, 6) is -0.459. The number of hydrogen-bond acceptors (Lipinski definition) is 5. The van der Waals surface area contributed by atoms with Crippen LogP contribution in [0, 0.1) is 0 Å². The Bertz CT molecular complexity index is 380. The number of esters is 1. The van der Waals surface area contributed by atoms with Crippen molar-refractivity contribution >= 4 is 11.7 Å². The average Bonchev–Trinajstić information content (AvgIpc) is 2.34. The zero-order valence-electron chi connectivity index (χ0n) is 10.4. The van der Waals surface area contributed by atoms with Gasteiger partial charge in [0.15, 0.2) is 0 Å². The average molecular weight is 238 g/mol. The first-order valence-corrected chi connectivity index (χ1v) is 5.52. The zero-order valence-corrected chi connectivity index (χ0v) is 10.4. The summed E-state index contributed by atoms with van der Waals surface area (Å²) in [6.07, 6.45) is 1.56. The molecule has 0 atom stereocenters. The van der Waals surface area contributed by atoms with Crippen molar-refractivity contribution in [2.75, 3.05) is 25.2 Å². The second kappa shape index (κ2) is 6.20. The highest BCUT2D eigenvalue weighted by atomic mass is 16.5. The Morgan fingerprint density at radius 2 is 2.29 bits per heavy atom. The second-order valence-corrected chi connectivity index (χ2v) is 3.90. The van der Waals surface area contributed by atoms with Crippen LogP contribution in [0.4, 0.5) is 5.69 Å².